The topological polar surface area (TPSA) is 85.2 Å². The van der Waals surface area contributed by atoms with Crippen LogP contribution in [0.15, 0.2) is 52.4 Å². The molecule has 0 aliphatic rings. The maximum atomic E-state index is 12.8. The molecule has 3 aromatic rings. The number of aryl methyl sites for hydroxylation is 1. The molecule has 0 spiro atoms. The molecule has 28 heavy (non-hydrogen) atoms. The van der Waals surface area contributed by atoms with E-state index in [2.05, 4.69) is 20.7 Å². The molecule has 10 heteroatoms. The smallest absolute Gasteiger partial charge is 0.391 e. The van der Waals surface area contributed by atoms with Crippen molar-refractivity contribution in [3.8, 4) is 5.69 Å². The molecular formula is C18H16F3N5O2. The average molecular weight is 391 g/mol. The van der Waals surface area contributed by atoms with Crippen molar-refractivity contribution >= 4 is 5.71 Å². The van der Waals surface area contributed by atoms with Crippen LogP contribution >= 0.6 is 0 Å². The predicted molar refractivity (Wildman–Crippen MR) is 95.2 cm³/mol. The van der Waals surface area contributed by atoms with Crippen molar-refractivity contribution in [1.82, 2.24) is 20.2 Å². The standard InChI is InChI=1S/C18H16F3N5O2/c1-11-5-3-8-16(26-17(27)22-24-25-26)15(11)10-28-23-12(2)13-6-4-7-14(9-13)18(19,20)21/h3-9H,10H2,1-2H3,(H,22,25,27). The Morgan fingerprint density at radius 3 is 2.68 bits per heavy atom. The summed E-state index contributed by atoms with van der Waals surface area (Å²) in [4.78, 5) is 17.1. The molecule has 0 bridgehead atoms. The molecule has 0 saturated heterocycles. The highest BCUT2D eigenvalue weighted by Crippen LogP contribution is 2.29. The molecule has 3 rings (SSSR count). The van der Waals surface area contributed by atoms with Gasteiger partial charge in [-0.25, -0.2) is 9.89 Å². The summed E-state index contributed by atoms with van der Waals surface area (Å²) in [5, 5.41) is 13.3. The fourth-order valence-electron chi connectivity index (χ4n) is 2.60. The van der Waals surface area contributed by atoms with Gasteiger partial charge in [0.05, 0.1) is 17.0 Å². The third-order valence-electron chi connectivity index (χ3n) is 4.10. The van der Waals surface area contributed by atoms with E-state index in [4.69, 9.17) is 4.84 Å². The number of aromatic nitrogens is 4. The first-order chi connectivity index (χ1) is 13.3. The van der Waals surface area contributed by atoms with Crippen LogP contribution in [0.3, 0.4) is 0 Å². The van der Waals surface area contributed by atoms with Crippen LogP contribution in [0.25, 0.3) is 5.69 Å². The first-order valence-corrected chi connectivity index (χ1v) is 8.21. The number of alkyl halides is 3. The zero-order valence-electron chi connectivity index (χ0n) is 15.0. The maximum absolute atomic E-state index is 12.8. The number of nitrogens with one attached hydrogen (secondary N) is 1. The summed E-state index contributed by atoms with van der Waals surface area (Å²) in [6, 6.07) is 10.1. The van der Waals surface area contributed by atoms with E-state index >= 15 is 0 Å². The Bertz CT molecular complexity index is 1070. The Morgan fingerprint density at radius 2 is 2.00 bits per heavy atom. The second-order valence-corrected chi connectivity index (χ2v) is 6.02. The lowest BCUT2D eigenvalue weighted by Crippen LogP contribution is -2.18. The summed E-state index contributed by atoms with van der Waals surface area (Å²) in [6.07, 6.45) is -4.43. The fourth-order valence-corrected chi connectivity index (χ4v) is 2.60. The molecule has 0 saturated carbocycles. The van der Waals surface area contributed by atoms with E-state index in [-0.39, 0.29) is 6.61 Å². The number of hydrogen-bond acceptors (Lipinski definition) is 5. The minimum absolute atomic E-state index is 0.00237. The average Bonchev–Trinajstić information content (AvgIpc) is 3.08. The van der Waals surface area contributed by atoms with Gasteiger partial charge < -0.3 is 4.84 Å². The summed E-state index contributed by atoms with van der Waals surface area (Å²) in [5.74, 6) is 0. The quantitative estimate of drug-likeness (QED) is 0.535. The summed E-state index contributed by atoms with van der Waals surface area (Å²) in [6.45, 7) is 3.38. The number of H-pyrrole nitrogens is 1. The second kappa shape index (κ2) is 7.67. The number of tetrazole rings is 1. The molecular weight excluding hydrogens is 375 g/mol. The largest absolute Gasteiger partial charge is 0.416 e. The molecule has 1 N–H and O–H groups in total. The first kappa shape index (κ1) is 19.3. The Hall–Kier alpha value is -3.43. The van der Waals surface area contributed by atoms with Gasteiger partial charge in [-0.1, -0.05) is 29.4 Å². The lowest BCUT2D eigenvalue weighted by molar-refractivity contribution is -0.137. The number of aromatic amines is 1. The normalized spacial score (nSPS) is 12.2. The molecule has 1 heterocycles. The molecule has 1 aromatic heterocycles. The third-order valence-corrected chi connectivity index (χ3v) is 4.10. The molecule has 0 aliphatic carbocycles. The number of nitrogens with zero attached hydrogens (tertiary/aromatic N) is 4. The van der Waals surface area contributed by atoms with Gasteiger partial charge in [0.25, 0.3) is 0 Å². The third kappa shape index (κ3) is 4.11. The van der Waals surface area contributed by atoms with E-state index in [1.807, 2.05) is 13.0 Å². The zero-order valence-corrected chi connectivity index (χ0v) is 15.0. The van der Waals surface area contributed by atoms with Crippen LogP contribution in [0.1, 0.15) is 29.2 Å². The lowest BCUT2D eigenvalue weighted by atomic mass is 10.1. The minimum atomic E-state index is -4.43. The van der Waals surface area contributed by atoms with Gasteiger partial charge in [0.2, 0.25) is 0 Å². The molecule has 2 aromatic carbocycles. The molecule has 0 aliphatic heterocycles. The number of oxime groups is 1. The number of hydrogen-bond donors (Lipinski definition) is 1. The van der Waals surface area contributed by atoms with Crippen molar-refractivity contribution in [1.29, 1.82) is 0 Å². The molecule has 0 amide bonds. The van der Waals surface area contributed by atoms with Gasteiger partial charge >= 0.3 is 11.9 Å². The highest BCUT2D eigenvalue weighted by Gasteiger charge is 2.30. The van der Waals surface area contributed by atoms with Crippen molar-refractivity contribution in [3.05, 3.63) is 75.2 Å². The van der Waals surface area contributed by atoms with E-state index < -0.39 is 17.4 Å². The van der Waals surface area contributed by atoms with Crippen LogP contribution in [0, 0.1) is 6.92 Å². The number of benzene rings is 2. The second-order valence-electron chi connectivity index (χ2n) is 6.02. The minimum Gasteiger partial charge on any atom is -0.391 e. The highest BCUT2D eigenvalue weighted by atomic mass is 19.4. The van der Waals surface area contributed by atoms with E-state index in [0.717, 1.165) is 22.4 Å². The van der Waals surface area contributed by atoms with Crippen molar-refractivity contribution in [3.63, 3.8) is 0 Å². The SMILES string of the molecule is CC(=NOCc1c(C)cccc1-n1nn[nH]c1=O)c1cccc(C(F)(F)F)c1. The van der Waals surface area contributed by atoms with Crippen LogP contribution in [-0.4, -0.2) is 25.9 Å². The molecule has 0 radical (unpaired) electrons. The van der Waals surface area contributed by atoms with Crippen molar-refractivity contribution < 1.29 is 18.0 Å². The number of rotatable bonds is 5. The van der Waals surface area contributed by atoms with E-state index in [1.54, 1.807) is 19.1 Å². The van der Waals surface area contributed by atoms with Gasteiger partial charge in [0.1, 0.15) is 6.61 Å². The van der Waals surface area contributed by atoms with Gasteiger partial charge in [-0.3, -0.25) is 0 Å². The van der Waals surface area contributed by atoms with Gasteiger partial charge in [0.15, 0.2) is 0 Å². The Labute approximate surface area is 157 Å². The van der Waals surface area contributed by atoms with E-state index in [0.29, 0.717) is 22.5 Å². The van der Waals surface area contributed by atoms with Crippen molar-refractivity contribution in [2.45, 2.75) is 26.6 Å². The summed E-state index contributed by atoms with van der Waals surface area (Å²) >= 11 is 0. The fraction of sp³-hybridized carbons (Fsp3) is 0.222. The molecule has 7 nitrogen and oxygen atoms in total. The van der Waals surface area contributed by atoms with Gasteiger partial charge in [-0.05, 0) is 53.6 Å². The van der Waals surface area contributed by atoms with Crippen molar-refractivity contribution in [2.75, 3.05) is 0 Å². The molecule has 0 atom stereocenters. The van der Waals surface area contributed by atoms with Crippen molar-refractivity contribution in [2.24, 2.45) is 5.16 Å². The predicted octanol–water partition coefficient (Wildman–Crippen LogP) is 3.22. The van der Waals surface area contributed by atoms with Crippen LogP contribution < -0.4 is 5.69 Å². The monoisotopic (exact) mass is 391 g/mol. The summed E-state index contributed by atoms with van der Waals surface area (Å²) in [7, 11) is 0. The lowest BCUT2D eigenvalue weighted by Gasteiger charge is -2.11. The molecule has 0 fully saturated rings. The van der Waals surface area contributed by atoms with Crippen LogP contribution in [-0.2, 0) is 17.6 Å². The zero-order chi connectivity index (χ0) is 20.3. The van der Waals surface area contributed by atoms with Gasteiger partial charge in [-0.2, -0.15) is 17.9 Å². The highest BCUT2D eigenvalue weighted by molar-refractivity contribution is 5.98. The number of halogens is 3. The van der Waals surface area contributed by atoms with E-state index in [1.165, 1.54) is 12.1 Å². The van der Waals surface area contributed by atoms with E-state index in [9.17, 15) is 18.0 Å². The van der Waals surface area contributed by atoms with Crippen LogP contribution in [0.2, 0.25) is 0 Å². The first-order valence-electron chi connectivity index (χ1n) is 8.21. The Morgan fingerprint density at radius 1 is 1.25 bits per heavy atom. The van der Waals surface area contributed by atoms with Crippen LogP contribution in [0.4, 0.5) is 13.2 Å². The molecule has 146 valence electrons. The Balaban J connectivity index is 1.82. The maximum Gasteiger partial charge on any atom is 0.416 e. The van der Waals surface area contributed by atoms with Gasteiger partial charge in [-0.15, -0.1) is 0 Å². The van der Waals surface area contributed by atoms with Crippen LogP contribution in [0.5, 0.6) is 0 Å². The molecule has 0 unspecified atom stereocenters. The Kier molecular flexibility index (Phi) is 5.30. The van der Waals surface area contributed by atoms with Gasteiger partial charge in [0, 0.05) is 5.56 Å². The summed E-state index contributed by atoms with van der Waals surface area (Å²) in [5.41, 5.74) is 1.29. The summed E-state index contributed by atoms with van der Waals surface area (Å²) < 4.78 is 39.6.